The molecule has 6 rings (SSSR count). The van der Waals surface area contributed by atoms with E-state index in [-0.39, 0.29) is 17.3 Å². The zero-order chi connectivity index (χ0) is 28.2. The average Bonchev–Trinajstić information content (AvgIpc) is 3.31. The molecule has 1 spiro atoms. The summed E-state index contributed by atoms with van der Waals surface area (Å²) in [5.41, 5.74) is 5.70. The predicted octanol–water partition coefficient (Wildman–Crippen LogP) is 5.68. The van der Waals surface area contributed by atoms with Crippen LogP contribution in [0.15, 0.2) is 39.8 Å². The lowest BCUT2D eigenvalue weighted by Crippen LogP contribution is -2.50. The van der Waals surface area contributed by atoms with Gasteiger partial charge in [0.25, 0.3) is 0 Å². The predicted molar refractivity (Wildman–Crippen MR) is 160 cm³/mol. The number of carbonyl (C=O) groups excluding carboxylic acids is 2. The van der Waals surface area contributed by atoms with Crippen LogP contribution in [0.4, 0.5) is 10.5 Å². The Labute approximate surface area is 242 Å². The van der Waals surface area contributed by atoms with Gasteiger partial charge in [-0.1, -0.05) is 12.1 Å². The number of halogens is 1. The van der Waals surface area contributed by atoms with E-state index in [2.05, 4.69) is 42.9 Å². The molecule has 8 nitrogen and oxygen atoms in total. The van der Waals surface area contributed by atoms with Gasteiger partial charge in [-0.3, -0.25) is 9.79 Å². The van der Waals surface area contributed by atoms with E-state index in [1.54, 1.807) is 11.9 Å². The highest BCUT2D eigenvalue weighted by atomic mass is 79.9. The zero-order valence-corrected chi connectivity index (χ0v) is 25.1. The number of ether oxygens (including phenoxy) is 2. The van der Waals surface area contributed by atoms with Crippen LogP contribution in [0.25, 0.3) is 10.9 Å². The van der Waals surface area contributed by atoms with E-state index in [9.17, 15) is 9.59 Å². The molecule has 3 aromatic rings. The van der Waals surface area contributed by atoms with E-state index >= 15 is 0 Å². The normalized spacial score (nSPS) is 18.9. The molecule has 1 aliphatic carbocycles. The molecule has 3 heterocycles. The van der Waals surface area contributed by atoms with E-state index in [0.717, 1.165) is 61.9 Å². The highest BCUT2D eigenvalue weighted by Gasteiger charge is 2.47. The first-order valence-corrected chi connectivity index (χ1v) is 14.7. The number of amides is 1. The van der Waals surface area contributed by atoms with Gasteiger partial charge in [-0.15, -0.1) is 0 Å². The lowest BCUT2D eigenvalue weighted by atomic mass is 9.64. The minimum atomic E-state index is -0.521. The van der Waals surface area contributed by atoms with Crippen LogP contribution < -0.4 is 4.90 Å². The monoisotopic (exact) mass is 606 g/mol. The summed E-state index contributed by atoms with van der Waals surface area (Å²) in [5.74, 6) is 0.0484. The summed E-state index contributed by atoms with van der Waals surface area (Å²) < 4.78 is 12.3. The maximum Gasteiger partial charge on any atom is 0.410 e. The van der Waals surface area contributed by atoms with E-state index in [1.807, 2.05) is 45.2 Å². The number of hydrogen-bond donors (Lipinski definition) is 1. The Kier molecular flexibility index (Phi) is 6.78. The summed E-state index contributed by atoms with van der Waals surface area (Å²) in [6, 6.07) is 10.3. The van der Waals surface area contributed by atoms with Gasteiger partial charge in [0.05, 0.1) is 11.3 Å². The molecule has 2 aromatic carbocycles. The van der Waals surface area contributed by atoms with Gasteiger partial charge < -0.3 is 24.3 Å². The van der Waals surface area contributed by atoms with Crippen molar-refractivity contribution in [3.05, 3.63) is 62.8 Å². The number of anilines is 1. The van der Waals surface area contributed by atoms with Crippen molar-refractivity contribution in [1.82, 2.24) is 9.88 Å². The number of hydrogen-bond acceptors (Lipinski definition) is 6. The number of rotatable bonds is 2. The van der Waals surface area contributed by atoms with E-state index in [1.165, 1.54) is 0 Å². The Balaban J connectivity index is 1.39. The van der Waals surface area contributed by atoms with Crippen molar-refractivity contribution in [2.75, 3.05) is 51.3 Å². The number of ketones is 1. The maximum atomic E-state index is 14.1. The number of nitrogens with one attached hydrogen (secondary N) is 1. The molecule has 0 saturated carbocycles. The van der Waals surface area contributed by atoms with Crippen LogP contribution in [0.2, 0.25) is 0 Å². The van der Waals surface area contributed by atoms with Crippen molar-refractivity contribution < 1.29 is 19.1 Å². The van der Waals surface area contributed by atoms with Crippen LogP contribution in [0.1, 0.15) is 66.4 Å². The number of aromatic nitrogens is 1. The fraction of sp³-hybridized carbons (Fsp3) is 0.452. The number of aliphatic imine (C=N–C) groups is 1. The first-order chi connectivity index (χ1) is 19.1. The van der Waals surface area contributed by atoms with Crippen molar-refractivity contribution in [2.24, 2.45) is 4.99 Å². The zero-order valence-electron chi connectivity index (χ0n) is 23.5. The molecule has 1 amide bonds. The van der Waals surface area contributed by atoms with Gasteiger partial charge in [-0.25, -0.2) is 4.79 Å². The lowest BCUT2D eigenvalue weighted by Gasteiger charge is -2.43. The molecular formula is C31H35BrN4O4. The Bertz CT molecular complexity index is 1520. The van der Waals surface area contributed by atoms with E-state index in [0.29, 0.717) is 39.4 Å². The number of H-pyrrole nitrogens is 1. The van der Waals surface area contributed by atoms with Crippen LogP contribution >= 0.6 is 15.9 Å². The highest BCUT2D eigenvalue weighted by molar-refractivity contribution is 9.10. The Morgan fingerprint density at radius 1 is 1.12 bits per heavy atom. The summed E-state index contributed by atoms with van der Waals surface area (Å²) in [5, 5.41) is 0.947. The molecule has 0 bridgehead atoms. The van der Waals surface area contributed by atoms with Crippen LogP contribution in [0, 0.1) is 0 Å². The van der Waals surface area contributed by atoms with Gasteiger partial charge in [0.15, 0.2) is 5.78 Å². The van der Waals surface area contributed by atoms with Crippen molar-refractivity contribution in [3.8, 4) is 0 Å². The number of fused-ring (bicyclic) bond motifs is 6. The molecule has 9 heteroatoms. The molecule has 3 aliphatic rings. The molecule has 1 aromatic heterocycles. The SMILES string of the molecule is CN=Cc1ccc2c3c([nH]c2c1)C1(CCOCC1)c1cc(N2CCN(C(=O)OC(C)(C)C)CC2)c(Br)cc1C3=O. The molecule has 0 atom stereocenters. The third-order valence-electron chi connectivity index (χ3n) is 8.27. The molecule has 2 saturated heterocycles. The molecule has 0 radical (unpaired) electrons. The third-order valence-corrected chi connectivity index (χ3v) is 8.91. The van der Waals surface area contributed by atoms with Gasteiger partial charge in [-0.05, 0) is 78.9 Å². The second kappa shape index (κ2) is 10.0. The number of carbonyl (C=O) groups is 2. The number of benzene rings is 2. The molecule has 210 valence electrons. The van der Waals surface area contributed by atoms with Gasteiger partial charge >= 0.3 is 6.09 Å². The standard InChI is InChI=1S/C31H35BrN4O4/c1-30(2,3)40-29(38)36-11-9-35(10-12-36)25-17-22-21(16-23(25)32)27(37)26-20-6-5-19(18-33-4)15-24(20)34-28(26)31(22)7-13-39-14-8-31/h5-6,15-18,34H,7-14H2,1-4H3. The summed E-state index contributed by atoms with van der Waals surface area (Å²) in [6.07, 6.45) is 3.14. The minimum absolute atomic E-state index is 0.0484. The van der Waals surface area contributed by atoms with Crippen LogP contribution in [-0.2, 0) is 14.9 Å². The Morgan fingerprint density at radius 3 is 2.52 bits per heavy atom. The second-order valence-electron chi connectivity index (χ2n) is 11.9. The average molecular weight is 608 g/mol. The molecule has 2 aliphatic heterocycles. The van der Waals surface area contributed by atoms with Crippen molar-refractivity contribution in [1.29, 1.82) is 0 Å². The van der Waals surface area contributed by atoms with Gasteiger partial charge in [0.1, 0.15) is 5.60 Å². The first kappa shape index (κ1) is 27.0. The molecule has 1 N–H and O–H groups in total. The summed E-state index contributed by atoms with van der Waals surface area (Å²) in [6.45, 7) is 9.44. The second-order valence-corrected chi connectivity index (χ2v) is 12.7. The number of aromatic amines is 1. The van der Waals surface area contributed by atoms with Crippen LogP contribution in [0.3, 0.4) is 0 Å². The Hall–Kier alpha value is -3.17. The summed E-state index contributed by atoms with van der Waals surface area (Å²) in [4.78, 5) is 38.6. The lowest BCUT2D eigenvalue weighted by molar-refractivity contribution is 0.0240. The maximum absolute atomic E-state index is 14.1. The van der Waals surface area contributed by atoms with E-state index in [4.69, 9.17) is 9.47 Å². The highest BCUT2D eigenvalue weighted by Crippen LogP contribution is 2.51. The van der Waals surface area contributed by atoms with Gasteiger partial charge in [0, 0.05) is 84.7 Å². The topological polar surface area (TPSA) is 87.2 Å². The smallest absolute Gasteiger partial charge is 0.410 e. The summed E-state index contributed by atoms with van der Waals surface area (Å²) >= 11 is 3.80. The first-order valence-electron chi connectivity index (χ1n) is 13.9. The van der Waals surface area contributed by atoms with Crippen molar-refractivity contribution in [3.63, 3.8) is 0 Å². The van der Waals surface area contributed by atoms with E-state index < -0.39 is 5.60 Å². The van der Waals surface area contributed by atoms with Crippen LogP contribution in [-0.4, -0.2) is 80.0 Å². The van der Waals surface area contributed by atoms with Gasteiger partial charge in [-0.2, -0.15) is 0 Å². The third kappa shape index (κ3) is 4.53. The minimum Gasteiger partial charge on any atom is -0.444 e. The molecule has 0 unspecified atom stereocenters. The largest absolute Gasteiger partial charge is 0.444 e. The van der Waals surface area contributed by atoms with Crippen molar-refractivity contribution in [2.45, 2.75) is 44.6 Å². The number of piperazine rings is 1. The summed E-state index contributed by atoms with van der Waals surface area (Å²) in [7, 11) is 1.76. The van der Waals surface area contributed by atoms with Crippen molar-refractivity contribution >= 4 is 50.6 Å². The fourth-order valence-electron chi connectivity index (χ4n) is 6.39. The Morgan fingerprint density at radius 2 is 1.85 bits per heavy atom. The quantitative estimate of drug-likeness (QED) is 0.379. The van der Waals surface area contributed by atoms with Crippen LogP contribution in [0.5, 0.6) is 0 Å². The molecule has 2 fully saturated rings. The molecule has 40 heavy (non-hydrogen) atoms. The fourth-order valence-corrected chi connectivity index (χ4v) is 6.99. The molecular weight excluding hydrogens is 572 g/mol. The number of nitrogens with zero attached hydrogens (tertiary/aromatic N) is 3. The van der Waals surface area contributed by atoms with Gasteiger partial charge in [0.2, 0.25) is 0 Å².